The molecule has 0 aliphatic rings. The number of carboxylic acid groups (broad SMARTS) is 1. The minimum Gasteiger partial charge on any atom is -0.486 e. The largest absolute Gasteiger partial charge is 0.486 e. The molecule has 0 aliphatic heterocycles. The number of rotatable bonds is 8. The molecular formula is C21H24O4. The van der Waals surface area contributed by atoms with E-state index in [0.29, 0.717) is 11.3 Å². The molecular weight excluding hydrogens is 316 g/mol. The molecule has 132 valence electrons. The molecule has 0 bridgehead atoms. The number of hydrogen-bond acceptors (Lipinski definition) is 3. The van der Waals surface area contributed by atoms with Gasteiger partial charge in [0.25, 0.3) is 0 Å². The molecule has 0 aliphatic carbocycles. The fraction of sp³-hybridized carbons (Fsp3) is 0.333. The summed E-state index contributed by atoms with van der Waals surface area (Å²) in [6.45, 7) is 6.51. The number of carbonyl (C=O) groups is 2. The Kier molecular flexibility index (Phi) is 5.97. The summed E-state index contributed by atoms with van der Waals surface area (Å²) < 4.78 is 5.55. The number of ketones is 1. The summed E-state index contributed by atoms with van der Waals surface area (Å²) >= 11 is 0. The van der Waals surface area contributed by atoms with Gasteiger partial charge in [-0.25, -0.2) is 4.79 Å². The lowest BCUT2D eigenvalue weighted by atomic mass is 9.82. The highest BCUT2D eigenvalue weighted by molar-refractivity contribution is 5.88. The predicted octanol–water partition coefficient (Wildman–Crippen LogP) is 4.26. The van der Waals surface area contributed by atoms with Crippen molar-refractivity contribution in [2.45, 2.75) is 39.0 Å². The average Bonchev–Trinajstić information content (AvgIpc) is 2.60. The van der Waals surface area contributed by atoms with Crippen LogP contribution in [0.15, 0.2) is 48.5 Å². The van der Waals surface area contributed by atoms with Gasteiger partial charge in [0.1, 0.15) is 12.4 Å². The molecule has 1 N–H and O–H groups in total. The smallest absolute Gasteiger partial charge is 0.335 e. The molecule has 0 aromatic heterocycles. The van der Waals surface area contributed by atoms with Crippen molar-refractivity contribution in [3.63, 3.8) is 0 Å². The minimum atomic E-state index is -0.999. The summed E-state index contributed by atoms with van der Waals surface area (Å²) in [7, 11) is 0. The van der Waals surface area contributed by atoms with Crippen molar-refractivity contribution in [1.82, 2.24) is 0 Å². The highest BCUT2D eigenvalue weighted by Gasteiger charge is 2.17. The van der Waals surface area contributed by atoms with Crippen molar-refractivity contribution in [2.75, 3.05) is 6.61 Å². The number of hydrogen-bond donors (Lipinski definition) is 1. The van der Waals surface area contributed by atoms with Crippen LogP contribution >= 0.6 is 0 Å². The second-order valence-corrected chi connectivity index (χ2v) is 6.77. The summed E-state index contributed by atoms with van der Waals surface area (Å²) in [5.41, 5.74) is 2.21. The van der Waals surface area contributed by atoms with Gasteiger partial charge in [-0.1, -0.05) is 45.0 Å². The zero-order chi connectivity index (χ0) is 18.4. The minimum absolute atomic E-state index is 0.0339. The molecule has 2 rings (SSSR count). The van der Waals surface area contributed by atoms with Crippen LogP contribution in [0.25, 0.3) is 0 Å². The van der Waals surface area contributed by atoms with E-state index in [1.165, 1.54) is 17.7 Å². The number of benzene rings is 2. The summed E-state index contributed by atoms with van der Waals surface area (Å²) in [4.78, 5) is 23.0. The van der Waals surface area contributed by atoms with Crippen LogP contribution in [0, 0.1) is 0 Å². The zero-order valence-corrected chi connectivity index (χ0v) is 14.9. The van der Waals surface area contributed by atoms with E-state index in [0.717, 1.165) is 6.42 Å². The van der Waals surface area contributed by atoms with Gasteiger partial charge >= 0.3 is 5.97 Å². The van der Waals surface area contributed by atoms with Crippen molar-refractivity contribution in [2.24, 2.45) is 0 Å². The third kappa shape index (κ3) is 5.18. The number of carboxylic acids is 1. The van der Waals surface area contributed by atoms with Crippen LogP contribution in [0.1, 0.15) is 48.7 Å². The van der Waals surface area contributed by atoms with E-state index in [1.807, 2.05) is 24.3 Å². The molecule has 0 saturated heterocycles. The zero-order valence-electron chi connectivity index (χ0n) is 14.9. The molecule has 0 fully saturated rings. The van der Waals surface area contributed by atoms with Crippen LogP contribution in [0.4, 0.5) is 0 Å². The highest BCUT2D eigenvalue weighted by atomic mass is 16.5. The Hall–Kier alpha value is -2.62. The molecule has 0 amide bonds. The SMILES string of the molecule is CCC(C)(C)c1ccc(OCC(=O)Cc2cccc(C(=O)O)c2)cc1. The maximum Gasteiger partial charge on any atom is 0.335 e. The van der Waals surface area contributed by atoms with Gasteiger partial charge in [-0.3, -0.25) is 4.79 Å². The third-order valence-electron chi connectivity index (χ3n) is 4.49. The monoisotopic (exact) mass is 340 g/mol. The maximum atomic E-state index is 12.1. The van der Waals surface area contributed by atoms with E-state index in [4.69, 9.17) is 9.84 Å². The summed E-state index contributed by atoms with van der Waals surface area (Å²) in [6.07, 6.45) is 1.20. The first kappa shape index (κ1) is 18.7. The fourth-order valence-electron chi connectivity index (χ4n) is 2.46. The van der Waals surface area contributed by atoms with E-state index in [1.54, 1.807) is 12.1 Å². The Morgan fingerprint density at radius 2 is 1.76 bits per heavy atom. The quantitative estimate of drug-likeness (QED) is 0.780. The Bertz CT molecular complexity index is 745. The van der Waals surface area contributed by atoms with Gasteiger partial charge in [-0.05, 0) is 47.2 Å². The summed E-state index contributed by atoms with van der Waals surface area (Å²) in [6, 6.07) is 14.2. The predicted molar refractivity (Wildman–Crippen MR) is 97.4 cm³/mol. The van der Waals surface area contributed by atoms with Gasteiger partial charge in [0.15, 0.2) is 5.78 Å². The van der Waals surface area contributed by atoms with Crippen LogP contribution in [0.2, 0.25) is 0 Å². The van der Waals surface area contributed by atoms with Crippen LogP contribution in [0.5, 0.6) is 5.75 Å². The summed E-state index contributed by atoms with van der Waals surface area (Å²) in [5.74, 6) is -0.440. The van der Waals surface area contributed by atoms with E-state index in [9.17, 15) is 9.59 Å². The molecule has 0 unspecified atom stereocenters. The van der Waals surface area contributed by atoms with Gasteiger partial charge in [-0.15, -0.1) is 0 Å². The van der Waals surface area contributed by atoms with Crippen LogP contribution in [-0.2, 0) is 16.6 Å². The van der Waals surface area contributed by atoms with Crippen molar-refractivity contribution < 1.29 is 19.4 Å². The first-order valence-corrected chi connectivity index (χ1v) is 8.39. The number of ether oxygens (including phenoxy) is 1. The highest BCUT2D eigenvalue weighted by Crippen LogP contribution is 2.28. The van der Waals surface area contributed by atoms with Crippen LogP contribution in [0.3, 0.4) is 0 Å². The first-order chi connectivity index (χ1) is 11.8. The van der Waals surface area contributed by atoms with Crippen molar-refractivity contribution >= 4 is 11.8 Å². The molecule has 4 nitrogen and oxygen atoms in total. The van der Waals surface area contributed by atoms with Gasteiger partial charge in [-0.2, -0.15) is 0 Å². The lowest BCUT2D eigenvalue weighted by Crippen LogP contribution is -2.16. The molecule has 0 spiro atoms. The molecule has 2 aromatic rings. The molecule has 0 saturated carbocycles. The lowest BCUT2D eigenvalue weighted by Gasteiger charge is -2.23. The van der Waals surface area contributed by atoms with Crippen molar-refractivity contribution in [3.05, 3.63) is 65.2 Å². The number of carbonyl (C=O) groups excluding carboxylic acids is 1. The van der Waals surface area contributed by atoms with Gasteiger partial charge < -0.3 is 9.84 Å². The van der Waals surface area contributed by atoms with Gasteiger partial charge in [0.05, 0.1) is 5.56 Å². The van der Waals surface area contributed by atoms with E-state index in [-0.39, 0.29) is 29.8 Å². The van der Waals surface area contributed by atoms with E-state index < -0.39 is 5.97 Å². The third-order valence-corrected chi connectivity index (χ3v) is 4.49. The van der Waals surface area contributed by atoms with E-state index >= 15 is 0 Å². The molecule has 0 atom stereocenters. The van der Waals surface area contributed by atoms with Crippen LogP contribution in [-0.4, -0.2) is 23.5 Å². The van der Waals surface area contributed by atoms with Crippen molar-refractivity contribution in [3.8, 4) is 5.75 Å². The Morgan fingerprint density at radius 3 is 2.36 bits per heavy atom. The Morgan fingerprint density at radius 1 is 1.08 bits per heavy atom. The number of Topliss-reactive ketones (excluding diaryl/α,β-unsaturated/α-hetero) is 1. The first-order valence-electron chi connectivity index (χ1n) is 8.39. The molecule has 0 heterocycles. The van der Waals surface area contributed by atoms with Crippen LogP contribution < -0.4 is 4.74 Å². The molecule has 2 aromatic carbocycles. The second-order valence-electron chi connectivity index (χ2n) is 6.77. The molecule has 0 radical (unpaired) electrons. The fourth-order valence-corrected chi connectivity index (χ4v) is 2.46. The normalized spacial score (nSPS) is 11.2. The second kappa shape index (κ2) is 7.97. The molecule has 4 heteroatoms. The van der Waals surface area contributed by atoms with Gasteiger partial charge in [0.2, 0.25) is 0 Å². The Balaban J connectivity index is 1.92. The van der Waals surface area contributed by atoms with E-state index in [2.05, 4.69) is 20.8 Å². The average molecular weight is 340 g/mol. The standard InChI is InChI=1S/C21H24O4/c1-4-21(2,3)17-8-10-19(11-9-17)25-14-18(22)13-15-6-5-7-16(12-15)20(23)24/h5-12H,4,13-14H2,1-3H3,(H,23,24). The number of aromatic carboxylic acids is 1. The van der Waals surface area contributed by atoms with Gasteiger partial charge in [0, 0.05) is 6.42 Å². The molecule has 25 heavy (non-hydrogen) atoms. The lowest BCUT2D eigenvalue weighted by molar-refractivity contribution is -0.120. The maximum absolute atomic E-state index is 12.1. The topological polar surface area (TPSA) is 63.6 Å². The Labute approximate surface area is 148 Å². The summed E-state index contributed by atoms with van der Waals surface area (Å²) in [5, 5.41) is 8.98. The van der Waals surface area contributed by atoms with Crippen molar-refractivity contribution in [1.29, 1.82) is 0 Å².